The minimum Gasteiger partial charge on any atom is -0.382 e. The van der Waals surface area contributed by atoms with E-state index >= 15 is 0 Å². The van der Waals surface area contributed by atoms with Crippen LogP contribution in [0.15, 0.2) is 6.07 Å². The predicted molar refractivity (Wildman–Crippen MR) is 57.1 cm³/mol. The van der Waals surface area contributed by atoms with E-state index in [9.17, 15) is 0 Å². The topological polar surface area (TPSA) is 57.9 Å². The Balaban J connectivity index is 2.02. The van der Waals surface area contributed by atoms with E-state index in [2.05, 4.69) is 28.9 Å². The molecule has 4 nitrogen and oxygen atoms in total. The Morgan fingerprint density at radius 1 is 1.64 bits per heavy atom. The zero-order valence-corrected chi connectivity index (χ0v) is 8.83. The van der Waals surface area contributed by atoms with E-state index in [1.807, 2.05) is 6.07 Å². The van der Waals surface area contributed by atoms with E-state index in [4.69, 9.17) is 5.73 Å². The molecule has 3 N–H and O–H groups in total. The predicted octanol–water partition coefficient (Wildman–Crippen LogP) is 1.19. The zero-order valence-electron chi connectivity index (χ0n) is 8.83. The van der Waals surface area contributed by atoms with Gasteiger partial charge in [0.1, 0.15) is 5.82 Å². The molecule has 1 aromatic heterocycles. The van der Waals surface area contributed by atoms with Crippen molar-refractivity contribution < 1.29 is 0 Å². The summed E-state index contributed by atoms with van der Waals surface area (Å²) in [4.78, 5) is 2.49. The van der Waals surface area contributed by atoms with Crippen LogP contribution in [0.4, 0.5) is 5.82 Å². The van der Waals surface area contributed by atoms with Crippen molar-refractivity contribution in [1.29, 1.82) is 0 Å². The van der Waals surface area contributed by atoms with Crippen LogP contribution in [-0.2, 0) is 0 Å². The number of hydrogen-bond acceptors (Lipinski definition) is 3. The summed E-state index contributed by atoms with van der Waals surface area (Å²) in [6, 6.07) is 2.59. The number of anilines is 1. The SMILES string of the molecule is CC(C)N1CCC(c2cc(N)n[nH]2)C1. The van der Waals surface area contributed by atoms with Crippen LogP contribution in [-0.4, -0.2) is 34.2 Å². The molecule has 0 aliphatic carbocycles. The van der Waals surface area contributed by atoms with Crippen LogP contribution < -0.4 is 5.73 Å². The molecule has 4 heteroatoms. The number of rotatable bonds is 2. The third-order valence-corrected chi connectivity index (χ3v) is 3.01. The van der Waals surface area contributed by atoms with Gasteiger partial charge in [0.05, 0.1) is 0 Å². The largest absolute Gasteiger partial charge is 0.382 e. The molecule has 0 bridgehead atoms. The standard InChI is InChI=1S/C10H18N4/c1-7(2)14-4-3-8(6-14)9-5-10(11)13-12-9/h5,7-8H,3-4,6H2,1-2H3,(H3,11,12,13). The van der Waals surface area contributed by atoms with E-state index in [1.54, 1.807) is 0 Å². The van der Waals surface area contributed by atoms with Gasteiger partial charge in [0, 0.05) is 30.3 Å². The van der Waals surface area contributed by atoms with E-state index in [-0.39, 0.29) is 0 Å². The average Bonchev–Trinajstić information content (AvgIpc) is 2.70. The monoisotopic (exact) mass is 194 g/mol. The fourth-order valence-electron chi connectivity index (χ4n) is 2.07. The van der Waals surface area contributed by atoms with Crippen molar-refractivity contribution in [3.8, 4) is 0 Å². The summed E-state index contributed by atoms with van der Waals surface area (Å²) in [5, 5.41) is 6.97. The van der Waals surface area contributed by atoms with Gasteiger partial charge in [-0.15, -0.1) is 0 Å². The number of aromatic nitrogens is 2. The highest BCUT2D eigenvalue weighted by Gasteiger charge is 2.26. The molecule has 0 aromatic carbocycles. The van der Waals surface area contributed by atoms with Crippen LogP contribution >= 0.6 is 0 Å². The summed E-state index contributed by atoms with van der Waals surface area (Å²) in [6.07, 6.45) is 1.21. The van der Waals surface area contributed by atoms with E-state index in [0.29, 0.717) is 17.8 Å². The van der Waals surface area contributed by atoms with Gasteiger partial charge in [-0.1, -0.05) is 0 Å². The first-order valence-corrected chi connectivity index (χ1v) is 5.21. The lowest BCUT2D eigenvalue weighted by molar-refractivity contribution is 0.272. The van der Waals surface area contributed by atoms with Gasteiger partial charge in [-0.3, -0.25) is 5.10 Å². The van der Waals surface area contributed by atoms with Gasteiger partial charge in [-0.25, -0.2) is 0 Å². The maximum atomic E-state index is 5.58. The van der Waals surface area contributed by atoms with Crippen LogP contribution in [0.5, 0.6) is 0 Å². The van der Waals surface area contributed by atoms with Crippen molar-refractivity contribution in [1.82, 2.24) is 15.1 Å². The third-order valence-electron chi connectivity index (χ3n) is 3.01. The summed E-state index contributed by atoms with van der Waals surface area (Å²) in [5.74, 6) is 1.19. The first kappa shape index (κ1) is 9.52. The highest BCUT2D eigenvalue weighted by molar-refractivity contribution is 5.30. The molecule has 1 saturated heterocycles. The van der Waals surface area contributed by atoms with Gasteiger partial charge in [0.25, 0.3) is 0 Å². The zero-order chi connectivity index (χ0) is 10.1. The van der Waals surface area contributed by atoms with Gasteiger partial charge in [-0.05, 0) is 26.8 Å². The van der Waals surface area contributed by atoms with E-state index in [0.717, 1.165) is 6.54 Å². The molecule has 0 radical (unpaired) electrons. The Morgan fingerprint density at radius 3 is 2.93 bits per heavy atom. The number of nitrogens with zero attached hydrogens (tertiary/aromatic N) is 2. The molecule has 1 fully saturated rings. The highest BCUT2D eigenvalue weighted by Crippen LogP contribution is 2.27. The van der Waals surface area contributed by atoms with Crippen LogP contribution in [0.25, 0.3) is 0 Å². The number of nitrogens with one attached hydrogen (secondary N) is 1. The maximum absolute atomic E-state index is 5.58. The van der Waals surface area contributed by atoms with Crippen LogP contribution in [0.2, 0.25) is 0 Å². The first-order chi connectivity index (χ1) is 6.66. The number of nitrogens with two attached hydrogens (primary N) is 1. The first-order valence-electron chi connectivity index (χ1n) is 5.21. The summed E-state index contributed by atoms with van der Waals surface area (Å²) in [7, 11) is 0. The Morgan fingerprint density at radius 2 is 2.43 bits per heavy atom. The van der Waals surface area contributed by atoms with Crippen molar-refractivity contribution >= 4 is 5.82 Å². The smallest absolute Gasteiger partial charge is 0.145 e. The van der Waals surface area contributed by atoms with Crippen molar-refractivity contribution in [2.45, 2.75) is 32.2 Å². The number of likely N-dealkylation sites (tertiary alicyclic amines) is 1. The second kappa shape index (κ2) is 3.61. The van der Waals surface area contributed by atoms with E-state index < -0.39 is 0 Å². The van der Waals surface area contributed by atoms with Gasteiger partial charge in [0.15, 0.2) is 0 Å². The minimum absolute atomic E-state index is 0.585. The molecule has 1 aliphatic rings. The molecule has 2 rings (SSSR count). The minimum atomic E-state index is 0.585. The van der Waals surface area contributed by atoms with Crippen molar-refractivity contribution in [3.05, 3.63) is 11.8 Å². The van der Waals surface area contributed by atoms with Gasteiger partial charge < -0.3 is 10.6 Å². The molecule has 0 spiro atoms. The summed E-state index contributed by atoms with van der Waals surface area (Å²) in [6.45, 7) is 6.79. The molecular formula is C10H18N4. The molecule has 1 aliphatic heterocycles. The second-order valence-electron chi connectivity index (χ2n) is 4.32. The molecule has 2 heterocycles. The molecular weight excluding hydrogens is 176 g/mol. The number of aromatic amines is 1. The number of H-pyrrole nitrogens is 1. The summed E-state index contributed by atoms with van der Waals surface area (Å²) in [5.41, 5.74) is 6.77. The van der Waals surface area contributed by atoms with Crippen LogP contribution in [0, 0.1) is 0 Å². The van der Waals surface area contributed by atoms with Gasteiger partial charge >= 0.3 is 0 Å². The Bertz CT molecular complexity index is 305. The van der Waals surface area contributed by atoms with Crippen LogP contribution in [0.1, 0.15) is 31.9 Å². The summed E-state index contributed by atoms with van der Waals surface area (Å²) < 4.78 is 0. The lowest BCUT2D eigenvalue weighted by Gasteiger charge is -2.19. The fourth-order valence-corrected chi connectivity index (χ4v) is 2.07. The Hall–Kier alpha value is -1.03. The van der Waals surface area contributed by atoms with Crippen molar-refractivity contribution in [2.75, 3.05) is 18.8 Å². The quantitative estimate of drug-likeness (QED) is 0.743. The van der Waals surface area contributed by atoms with Crippen molar-refractivity contribution in [2.24, 2.45) is 0 Å². The van der Waals surface area contributed by atoms with Gasteiger partial charge in [0.2, 0.25) is 0 Å². The molecule has 1 unspecified atom stereocenters. The Labute approximate surface area is 84.5 Å². The number of hydrogen-bond donors (Lipinski definition) is 2. The molecule has 1 aromatic rings. The highest BCUT2D eigenvalue weighted by atomic mass is 15.2. The van der Waals surface area contributed by atoms with Crippen molar-refractivity contribution in [3.63, 3.8) is 0 Å². The Kier molecular flexibility index (Phi) is 2.46. The summed E-state index contributed by atoms with van der Waals surface area (Å²) >= 11 is 0. The van der Waals surface area contributed by atoms with E-state index in [1.165, 1.54) is 18.7 Å². The normalized spacial score (nSPS) is 23.5. The van der Waals surface area contributed by atoms with Crippen LogP contribution in [0.3, 0.4) is 0 Å². The van der Waals surface area contributed by atoms with Gasteiger partial charge in [-0.2, -0.15) is 5.10 Å². The average molecular weight is 194 g/mol. The fraction of sp³-hybridized carbons (Fsp3) is 0.700. The molecule has 78 valence electrons. The molecule has 0 amide bonds. The maximum Gasteiger partial charge on any atom is 0.145 e. The molecule has 14 heavy (non-hydrogen) atoms. The molecule has 1 atom stereocenters. The second-order valence-corrected chi connectivity index (χ2v) is 4.32. The third kappa shape index (κ3) is 1.75. The number of nitrogen functional groups attached to an aromatic ring is 1. The lowest BCUT2D eigenvalue weighted by atomic mass is 10.1. The lowest BCUT2D eigenvalue weighted by Crippen LogP contribution is -2.27. The molecule has 0 saturated carbocycles.